The fraction of sp³-hybridized carbons (Fsp3) is 1.00. The van der Waals surface area contributed by atoms with Gasteiger partial charge in [0.25, 0.3) is 0 Å². The van der Waals surface area contributed by atoms with Crippen LogP contribution in [0.25, 0.3) is 0 Å². The lowest BCUT2D eigenvalue weighted by molar-refractivity contribution is 0.324. The smallest absolute Gasteiger partial charge is 0.0438 e. The Morgan fingerprint density at radius 2 is 0.786 bits per heavy atom. The van der Waals surface area contributed by atoms with Crippen LogP contribution < -0.4 is 0 Å². The fourth-order valence-corrected chi connectivity index (χ4v) is 4.85. The first-order valence-electron chi connectivity index (χ1n) is 13.5. The maximum Gasteiger partial charge on any atom is -0.0438 e. The molecule has 0 nitrogen and oxygen atoms in total. The summed E-state index contributed by atoms with van der Waals surface area (Å²) in [6, 6.07) is 0. The fourth-order valence-electron chi connectivity index (χ4n) is 4.85. The number of hydrogen-bond donors (Lipinski definition) is 0. The standard InChI is InChI=1S/C28H58/c1-7-9-20-26(4)21-18-16-14-12-10-11-13-15-17-19-22-27(5)24-28(6)23-25(3)8-2/h25-28H,7-24H2,1-6H3. The molecule has 0 radical (unpaired) electrons. The Morgan fingerprint density at radius 1 is 0.393 bits per heavy atom. The summed E-state index contributed by atoms with van der Waals surface area (Å²) in [6.07, 6.45) is 26.1. The molecule has 0 heteroatoms. The molecule has 0 N–H and O–H groups in total. The molecule has 28 heavy (non-hydrogen) atoms. The van der Waals surface area contributed by atoms with Gasteiger partial charge in [0.05, 0.1) is 0 Å². The van der Waals surface area contributed by atoms with Crippen molar-refractivity contribution in [3.63, 3.8) is 0 Å². The molecule has 0 fully saturated rings. The topological polar surface area (TPSA) is 0 Å². The molecule has 0 saturated heterocycles. The van der Waals surface area contributed by atoms with Gasteiger partial charge in [-0.2, -0.15) is 0 Å². The maximum absolute atomic E-state index is 2.48. The van der Waals surface area contributed by atoms with Gasteiger partial charge in [0.2, 0.25) is 0 Å². The minimum absolute atomic E-state index is 0.913. The third-order valence-electron chi connectivity index (χ3n) is 7.00. The third kappa shape index (κ3) is 19.3. The first-order valence-corrected chi connectivity index (χ1v) is 13.5. The van der Waals surface area contributed by atoms with Crippen molar-refractivity contribution in [2.24, 2.45) is 23.7 Å². The van der Waals surface area contributed by atoms with Gasteiger partial charge in [-0.1, -0.05) is 144 Å². The second-order valence-corrected chi connectivity index (χ2v) is 10.6. The quantitative estimate of drug-likeness (QED) is 0.170. The van der Waals surface area contributed by atoms with E-state index in [0.29, 0.717) is 0 Å². The van der Waals surface area contributed by atoms with E-state index in [0.717, 1.165) is 23.7 Å². The van der Waals surface area contributed by atoms with Crippen molar-refractivity contribution in [1.82, 2.24) is 0 Å². The van der Waals surface area contributed by atoms with Gasteiger partial charge >= 0.3 is 0 Å². The van der Waals surface area contributed by atoms with Gasteiger partial charge in [-0.3, -0.25) is 0 Å². The van der Waals surface area contributed by atoms with Crippen molar-refractivity contribution in [1.29, 1.82) is 0 Å². The summed E-state index contributed by atoms with van der Waals surface area (Å²) in [7, 11) is 0. The van der Waals surface area contributed by atoms with E-state index in [-0.39, 0.29) is 0 Å². The van der Waals surface area contributed by atoms with Gasteiger partial charge < -0.3 is 0 Å². The Bertz CT molecular complexity index is 294. The molecule has 0 aliphatic heterocycles. The summed E-state index contributed by atoms with van der Waals surface area (Å²) in [5.41, 5.74) is 0. The van der Waals surface area contributed by atoms with Gasteiger partial charge in [-0.15, -0.1) is 0 Å². The number of rotatable bonds is 21. The molecule has 0 bridgehead atoms. The molecule has 0 aromatic heterocycles. The van der Waals surface area contributed by atoms with E-state index in [2.05, 4.69) is 41.5 Å². The molecule has 0 aromatic rings. The lowest BCUT2D eigenvalue weighted by Gasteiger charge is -2.20. The van der Waals surface area contributed by atoms with Crippen LogP contribution in [0.3, 0.4) is 0 Å². The Balaban J connectivity index is 3.31. The van der Waals surface area contributed by atoms with E-state index in [1.54, 1.807) is 0 Å². The van der Waals surface area contributed by atoms with Crippen LogP contribution in [-0.4, -0.2) is 0 Å². The highest BCUT2D eigenvalue weighted by Gasteiger charge is 2.11. The normalized spacial score (nSPS) is 16.1. The molecule has 4 atom stereocenters. The van der Waals surface area contributed by atoms with Crippen molar-refractivity contribution in [2.75, 3.05) is 0 Å². The van der Waals surface area contributed by atoms with Gasteiger partial charge in [-0.25, -0.2) is 0 Å². The van der Waals surface area contributed by atoms with Crippen LogP contribution >= 0.6 is 0 Å². The van der Waals surface area contributed by atoms with Crippen LogP contribution in [0.5, 0.6) is 0 Å². The lowest BCUT2D eigenvalue weighted by atomic mass is 9.86. The summed E-state index contributed by atoms with van der Waals surface area (Å²) in [4.78, 5) is 0. The molecular formula is C28H58. The summed E-state index contributed by atoms with van der Waals surface area (Å²) < 4.78 is 0. The Labute approximate surface area is 181 Å². The van der Waals surface area contributed by atoms with Crippen molar-refractivity contribution >= 4 is 0 Å². The van der Waals surface area contributed by atoms with Crippen molar-refractivity contribution in [3.8, 4) is 0 Å². The predicted molar refractivity (Wildman–Crippen MR) is 131 cm³/mol. The summed E-state index contributed by atoms with van der Waals surface area (Å²) in [5, 5.41) is 0. The van der Waals surface area contributed by atoms with Crippen LogP contribution in [0.4, 0.5) is 0 Å². The molecule has 170 valence electrons. The van der Waals surface area contributed by atoms with Gasteiger partial charge in [0.1, 0.15) is 0 Å². The summed E-state index contributed by atoms with van der Waals surface area (Å²) in [5.74, 6) is 3.73. The molecule has 0 amide bonds. The maximum atomic E-state index is 2.48. The van der Waals surface area contributed by atoms with Crippen LogP contribution in [0.2, 0.25) is 0 Å². The van der Waals surface area contributed by atoms with E-state index in [4.69, 9.17) is 0 Å². The van der Waals surface area contributed by atoms with Crippen LogP contribution in [-0.2, 0) is 0 Å². The summed E-state index contributed by atoms with van der Waals surface area (Å²) in [6.45, 7) is 14.5. The Kier molecular flexibility index (Phi) is 20.3. The zero-order valence-electron chi connectivity index (χ0n) is 21.0. The first kappa shape index (κ1) is 28.0. The first-order chi connectivity index (χ1) is 13.5. The highest BCUT2D eigenvalue weighted by atomic mass is 14.2. The third-order valence-corrected chi connectivity index (χ3v) is 7.00. The second kappa shape index (κ2) is 20.3. The minimum atomic E-state index is 0.913. The van der Waals surface area contributed by atoms with Crippen molar-refractivity contribution < 1.29 is 0 Å². The molecule has 0 spiro atoms. The molecule has 0 aliphatic rings. The largest absolute Gasteiger partial charge is 0.0654 e. The van der Waals surface area contributed by atoms with Crippen molar-refractivity contribution in [2.45, 2.75) is 157 Å². The second-order valence-electron chi connectivity index (χ2n) is 10.6. The molecule has 0 saturated carbocycles. The zero-order valence-corrected chi connectivity index (χ0v) is 21.0. The van der Waals surface area contributed by atoms with Crippen molar-refractivity contribution in [3.05, 3.63) is 0 Å². The molecule has 0 aromatic carbocycles. The monoisotopic (exact) mass is 394 g/mol. The van der Waals surface area contributed by atoms with Crippen LogP contribution in [0.15, 0.2) is 0 Å². The van der Waals surface area contributed by atoms with Gasteiger partial charge in [-0.05, 0) is 36.5 Å². The van der Waals surface area contributed by atoms with Gasteiger partial charge in [0, 0.05) is 0 Å². The minimum Gasteiger partial charge on any atom is -0.0654 e. The van der Waals surface area contributed by atoms with E-state index in [9.17, 15) is 0 Å². The molecule has 4 unspecified atom stereocenters. The predicted octanol–water partition coefficient (Wildman–Crippen LogP) is 10.6. The summed E-state index contributed by atoms with van der Waals surface area (Å²) >= 11 is 0. The van der Waals surface area contributed by atoms with E-state index in [1.807, 2.05) is 0 Å². The molecule has 0 rings (SSSR count). The van der Waals surface area contributed by atoms with Crippen LogP contribution in [0, 0.1) is 23.7 Å². The molecular weight excluding hydrogens is 336 g/mol. The zero-order chi connectivity index (χ0) is 21.0. The van der Waals surface area contributed by atoms with E-state index >= 15 is 0 Å². The van der Waals surface area contributed by atoms with Crippen LogP contribution in [0.1, 0.15) is 157 Å². The van der Waals surface area contributed by atoms with E-state index < -0.39 is 0 Å². The van der Waals surface area contributed by atoms with Gasteiger partial charge in [0.15, 0.2) is 0 Å². The number of unbranched alkanes of at least 4 members (excludes halogenated alkanes) is 10. The molecule has 0 heterocycles. The average molecular weight is 395 g/mol. The SMILES string of the molecule is CCCCC(C)CCCCCCCCCCCCC(C)CC(C)CC(C)CC. The Morgan fingerprint density at radius 3 is 1.25 bits per heavy atom. The highest BCUT2D eigenvalue weighted by molar-refractivity contribution is 4.63. The Hall–Kier alpha value is 0. The molecule has 0 aliphatic carbocycles. The van der Waals surface area contributed by atoms with E-state index in [1.165, 1.54) is 116 Å². The average Bonchev–Trinajstić information content (AvgIpc) is 2.66. The number of hydrogen-bond acceptors (Lipinski definition) is 0. The highest BCUT2D eigenvalue weighted by Crippen LogP contribution is 2.24. The lowest BCUT2D eigenvalue weighted by Crippen LogP contribution is -2.07.